The Morgan fingerprint density at radius 3 is 2.13 bits per heavy atom. The van der Waals surface area contributed by atoms with Crippen molar-refractivity contribution in [2.75, 3.05) is 19.6 Å². The van der Waals surface area contributed by atoms with Crippen LogP contribution in [0.3, 0.4) is 0 Å². The summed E-state index contributed by atoms with van der Waals surface area (Å²) in [5.74, 6) is -0.958. The SMILES string of the molecule is CC(C)(C)C[C@@H](CN(C(=O)O)C(C)(C)C)C(=O)N[C@@H]1CC[C@H]2CN(S(=O)(=O)c3ccc(C(F)(F)F)cc3)C[C@H]21. The first kappa shape index (κ1) is 31.2. The molecule has 0 bridgehead atoms. The molecular formula is C27H40F3N3O5S. The summed E-state index contributed by atoms with van der Waals surface area (Å²) in [6, 6.07) is 3.21. The van der Waals surface area contributed by atoms with Crippen LogP contribution < -0.4 is 5.32 Å². The van der Waals surface area contributed by atoms with Gasteiger partial charge >= 0.3 is 12.3 Å². The van der Waals surface area contributed by atoms with Gasteiger partial charge in [0.2, 0.25) is 15.9 Å². The second kappa shape index (κ2) is 10.9. The van der Waals surface area contributed by atoms with Gasteiger partial charge in [0.1, 0.15) is 0 Å². The molecule has 1 aliphatic carbocycles. The third-order valence-corrected chi connectivity index (χ3v) is 9.49. The van der Waals surface area contributed by atoms with Crippen LogP contribution >= 0.6 is 0 Å². The van der Waals surface area contributed by atoms with Crippen LogP contribution in [0.4, 0.5) is 18.0 Å². The van der Waals surface area contributed by atoms with Crippen LogP contribution in [0.25, 0.3) is 0 Å². The van der Waals surface area contributed by atoms with Gasteiger partial charge in [-0.1, -0.05) is 20.8 Å². The molecule has 12 heteroatoms. The zero-order valence-corrected chi connectivity index (χ0v) is 24.2. The van der Waals surface area contributed by atoms with Gasteiger partial charge in [0, 0.05) is 31.2 Å². The fourth-order valence-corrected chi connectivity index (χ4v) is 7.24. The van der Waals surface area contributed by atoms with Gasteiger partial charge in [-0.25, -0.2) is 13.2 Å². The predicted octanol–water partition coefficient (Wildman–Crippen LogP) is 5.05. The number of hydrogen-bond donors (Lipinski definition) is 2. The lowest BCUT2D eigenvalue weighted by Gasteiger charge is -2.37. The number of benzene rings is 1. The van der Waals surface area contributed by atoms with Crippen LogP contribution in [-0.2, 0) is 21.0 Å². The fourth-order valence-electron chi connectivity index (χ4n) is 5.70. The Balaban J connectivity index is 1.73. The van der Waals surface area contributed by atoms with Crippen molar-refractivity contribution in [3.63, 3.8) is 0 Å². The maximum Gasteiger partial charge on any atom is 0.416 e. The first-order valence-corrected chi connectivity index (χ1v) is 14.6. The zero-order chi connectivity index (χ0) is 29.6. The maximum atomic E-state index is 13.5. The highest BCUT2D eigenvalue weighted by Crippen LogP contribution is 2.41. The second-order valence-corrected chi connectivity index (χ2v) is 14.9. The molecule has 220 valence electrons. The maximum absolute atomic E-state index is 13.5. The summed E-state index contributed by atoms with van der Waals surface area (Å²) in [5, 5.41) is 12.9. The van der Waals surface area contributed by atoms with Crippen LogP contribution in [0.5, 0.6) is 0 Å². The van der Waals surface area contributed by atoms with E-state index in [1.54, 1.807) is 20.8 Å². The predicted molar refractivity (Wildman–Crippen MR) is 140 cm³/mol. The number of fused-ring (bicyclic) bond motifs is 1. The number of rotatable bonds is 7. The van der Waals surface area contributed by atoms with Crippen molar-refractivity contribution in [2.24, 2.45) is 23.2 Å². The molecule has 3 rings (SSSR count). The van der Waals surface area contributed by atoms with Crippen LogP contribution in [0, 0.1) is 23.2 Å². The number of halogens is 3. The molecular weight excluding hydrogens is 535 g/mol. The third-order valence-electron chi connectivity index (χ3n) is 7.64. The van der Waals surface area contributed by atoms with Gasteiger partial charge in [0.15, 0.2) is 0 Å². The molecule has 0 spiro atoms. The van der Waals surface area contributed by atoms with E-state index in [0.29, 0.717) is 19.3 Å². The molecule has 39 heavy (non-hydrogen) atoms. The number of sulfonamides is 1. The number of amides is 2. The molecule has 1 heterocycles. The van der Waals surface area contributed by atoms with E-state index in [1.807, 2.05) is 20.8 Å². The number of nitrogens with zero attached hydrogens (tertiary/aromatic N) is 2. The monoisotopic (exact) mass is 575 g/mol. The highest BCUT2D eigenvalue weighted by atomic mass is 32.2. The smallest absolute Gasteiger partial charge is 0.416 e. The minimum Gasteiger partial charge on any atom is -0.465 e. The van der Waals surface area contributed by atoms with Gasteiger partial charge in [-0.05, 0) is 81.5 Å². The Morgan fingerprint density at radius 1 is 1.05 bits per heavy atom. The molecule has 1 saturated carbocycles. The van der Waals surface area contributed by atoms with Crippen LogP contribution in [0.1, 0.15) is 66.4 Å². The van der Waals surface area contributed by atoms with E-state index in [4.69, 9.17) is 0 Å². The lowest BCUT2D eigenvalue weighted by Crippen LogP contribution is -2.52. The Hall–Kier alpha value is -2.34. The van der Waals surface area contributed by atoms with E-state index in [1.165, 1.54) is 9.21 Å². The van der Waals surface area contributed by atoms with Crippen molar-refractivity contribution in [1.82, 2.24) is 14.5 Å². The molecule has 1 aromatic carbocycles. The second-order valence-electron chi connectivity index (χ2n) is 13.0. The third kappa shape index (κ3) is 7.45. The van der Waals surface area contributed by atoms with E-state index >= 15 is 0 Å². The Bertz CT molecular complexity index is 1160. The number of hydrogen-bond acceptors (Lipinski definition) is 4. The van der Waals surface area contributed by atoms with Crippen molar-refractivity contribution < 1.29 is 36.3 Å². The average Bonchev–Trinajstić information content (AvgIpc) is 3.36. The van der Waals surface area contributed by atoms with E-state index in [0.717, 1.165) is 24.3 Å². The standard InChI is InChI=1S/C27H40F3N3O5S/c1-25(2,3)13-18(15-33(24(35)36)26(4,5)6)23(34)31-22-12-7-17-14-32(16-21(17)22)39(37,38)20-10-8-19(9-11-20)27(28,29)30/h8-11,17-18,21-22H,7,12-16H2,1-6H3,(H,31,34)(H,35,36)/t17-,18-,21+,22+/m0/s1. The fraction of sp³-hybridized carbons (Fsp3) is 0.704. The number of nitrogens with one attached hydrogen (secondary N) is 1. The van der Waals surface area contributed by atoms with Crippen molar-refractivity contribution >= 4 is 22.0 Å². The van der Waals surface area contributed by atoms with E-state index < -0.39 is 39.3 Å². The van der Waals surface area contributed by atoms with Crippen LogP contribution in [0.2, 0.25) is 0 Å². The van der Waals surface area contributed by atoms with E-state index in [2.05, 4.69) is 5.32 Å². The number of carboxylic acid groups (broad SMARTS) is 1. The van der Waals surface area contributed by atoms with Crippen LogP contribution in [-0.4, -0.2) is 65.9 Å². The number of alkyl halides is 3. The first-order valence-electron chi connectivity index (χ1n) is 13.2. The lowest BCUT2D eigenvalue weighted by molar-refractivity contribution is -0.137. The largest absolute Gasteiger partial charge is 0.465 e. The van der Waals surface area contributed by atoms with Crippen molar-refractivity contribution in [3.05, 3.63) is 29.8 Å². The first-order chi connectivity index (χ1) is 17.7. The van der Waals surface area contributed by atoms with Crippen molar-refractivity contribution in [3.8, 4) is 0 Å². The topological polar surface area (TPSA) is 107 Å². The molecule has 2 amide bonds. The zero-order valence-electron chi connectivity index (χ0n) is 23.4. The summed E-state index contributed by atoms with van der Waals surface area (Å²) in [6.07, 6.45) is -3.80. The summed E-state index contributed by atoms with van der Waals surface area (Å²) >= 11 is 0. The normalized spacial score (nSPS) is 23.4. The summed E-state index contributed by atoms with van der Waals surface area (Å²) in [5.41, 5.74) is -1.85. The molecule has 1 aliphatic heterocycles. The van der Waals surface area contributed by atoms with Gasteiger partial charge in [0.05, 0.1) is 16.4 Å². The molecule has 2 fully saturated rings. The molecule has 4 atom stereocenters. The summed E-state index contributed by atoms with van der Waals surface area (Å²) in [7, 11) is -4.00. The summed E-state index contributed by atoms with van der Waals surface area (Å²) in [6.45, 7) is 11.7. The van der Waals surface area contributed by atoms with Crippen molar-refractivity contribution in [2.45, 2.75) is 83.5 Å². The minimum atomic E-state index is -4.56. The van der Waals surface area contributed by atoms with E-state index in [9.17, 15) is 36.3 Å². The summed E-state index contributed by atoms with van der Waals surface area (Å²) in [4.78, 5) is 26.5. The van der Waals surface area contributed by atoms with Gasteiger partial charge in [-0.2, -0.15) is 17.5 Å². The number of carbonyl (C=O) groups excluding carboxylic acids is 1. The van der Waals surface area contributed by atoms with Crippen molar-refractivity contribution in [1.29, 1.82) is 0 Å². The molecule has 2 N–H and O–H groups in total. The quantitative estimate of drug-likeness (QED) is 0.473. The lowest BCUT2D eigenvalue weighted by atomic mass is 9.83. The molecule has 1 aromatic rings. The van der Waals surface area contributed by atoms with Gasteiger partial charge in [-0.3, -0.25) is 4.79 Å². The molecule has 8 nitrogen and oxygen atoms in total. The molecule has 0 unspecified atom stereocenters. The molecule has 0 aromatic heterocycles. The molecule has 1 saturated heterocycles. The molecule has 2 aliphatic rings. The Morgan fingerprint density at radius 2 is 1.64 bits per heavy atom. The highest BCUT2D eigenvalue weighted by Gasteiger charge is 2.47. The average molecular weight is 576 g/mol. The van der Waals surface area contributed by atoms with Gasteiger partial charge in [-0.15, -0.1) is 0 Å². The summed E-state index contributed by atoms with van der Waals surface area (Å²) < 4.78 is 66.4. The Labute approximate surface area is 229 Å². The van der Waals surface area contributed by atoms with Crippen LogP contribution in [0.15, 0.2) is 29.2 Å². The molecule has 0 radical (unpaired) electrons. The van der Waals surface area contributed by atoms with E-state index in [-0.39, 0.29) is 53.7 Å². The minimum absolute atomic E-state index is 0.0192. The number of carbonyl (C=O) groups is 2. The van der Waals surface area contributed by atoms with Gasteiger partial charge < -0.3 is 15.3 Å². The highest BCUT2D eigenvalue weighted by molar-refractivity contribution is 7.89. The van der Waals surface area contributed by atoms with Gasteiger partial charge in [0.25, 0.3) is 0 Å². The Kier molecular flexibility index (Phi) is 8.73.